The van der Waals surface area contributed by atoms with Crippen molar-refractivity contribution in [3.05, 3.63) is 64.9 Å². The first kappa shape index (κ1) is 24.7. The molecule has 1 aliphatic carbocycles. The second-order valence-corrected chi connectivity index (χ2v) is 11.1. The van der Waals surface area contributed by atoms with Crippen molar-refractivity contribution in [1.29, 1.82) is 0 Å². The van der Waals surface area contributed by atoms with Crippen LogP contribution in [0.2, 0.25) is 5.02 Å². The van der Waals surface area contributed by atoms with E-state index in [9.17, 15) is 8.78 Å². The number of nitrogens with zero attached hydrogens (tertiary/aromatic N) is 5. The van der Waals surface area contributed by atoms with Crippen LogP contribution in [0.3, 0.4) is 0 Å². The molecule has 3 aliphatic rings. The molecular weight excluding hydrogens is 492 g/mol. The number of hydrogen-bond acceptors (Lipinski definition) is 4. The van der Waals surface area contributed by atoms with Crippen LogP contribution in [0.4, 0.5) is 20.2 Å². The Labute approximate surface area is 222 Å². The number of piperazine rings is 1. The van der Waals surface area contributed by atoms with Crippen molar-refractivity contribution in [2.24, 2.45) is 0 Å². The topological polar surface area (TPSA) is 27.5 Å². The van der Waals surface area contributed by atoms with Gasteiger partial charge in [0.15, 0.2) is 0 Å². The highest BCUT2D eigenvalue weighted by Gasteiger charge is 2.31. The maximum atomic E-state index is 13.8. The van der Waals surface area contributed by atoms with Gasteiger partial charge in [-0.15, -0.1) is 0 Å². The summed E-state index contributed by atoms with van der Waals surface area (Å²) in [7, 11) is 0. The van der Waals surface area contributed by atoms with Gasteiger partial charge in [-0.3, -0.25) is 9.58 Å². The highest BCUT2D eigenvalue weighted by molar-refractivity contribution is 6.31. The zero-order valence-corrected chi connectivity index (χ0v) is 22.0. The molecule has 3 aromatic rings. The summed E-state index contributed by atoms with van der Waals surface area (Å²) in [5.41, 5.74) is 5.14. The fourth-order valence-corrected chi connectivity index (χ4v) is 6.21. The zero-order valence-electron chi connectivity index (χ0n) is 21.3. The Morgan fingerprint density at radius 3 is 2.35 bits per heavy atom. The summed E-state index contributed by atoms with van der Waals surface area (Å²) in [6.07, 6.45) is 3.49. The summed E-state index contributed by atoms with van der Waals surface area (Å²) in [6.45, 7) is 7.63. The molecule has 2 saturated heterocycles. The molecule has 1 aromatic heterocycles. The molecule has 2 aromatic carbocycles. The summed E-state index contributed by atoms with van der Waals surface area (Å²) < 4.78 is 29.1. The lowest BCUT2D eigenvalue weighted by Crippen LogP contribution is -2.47. The van der Waals surface area contributed by atoms with Gasteiger partial charge in [-0.1, -0.05) is 29.8 Å². The van der Waals surface area contributed by atoms with Crippen molar-refractivity contribution in [1.82, 2.24) is 14.7 Å². The second kappa shape index (κ2) is 10.3. The Hall–Kier alpha value is -2.64. The summed E-state index contributed by atoms with van der Waals surface area (Å²) in [4.78, 5) is 7.39. The van der Waals surface area contributed by atoms with Gasteiger partial charge < -0.3 is 9.80 Å². The number of aromatic nitrogens is 2. The lowest BCUT2D eigenvalue weighted by molar-refractivity contribution is 0.133. The minimum absolute atomic E-state index is 0.0340. The van der Waals surface area contributed by atoms with Crippen LogP contribution >= 0.6 is 11.6 Å². The second-order valence-electron chi connectivity index (χ2n) is 10.7. The molecule has 1 atom stereocenters. The molecule has 0 amide bonds. The van der Waals surface area contributed by atoms with Gasteiger partial charge >= 0.3 is 0 Å². The Kier molecular flexibility index (Phi) is 6.84. The van der Waals surface area contributed by atoms with E-state index in [0.29, 0.717) is 17.1 Å². The molecule has 1 unspecified atom stereocenters. The van der Waals surface area contributed by atoms with Crippen LogP contribution in [0.5, 0.6) is 0 Å². The first-order chi connectivity index (χ1) is 18.0. The summed E-state index contributed by atoms with van der Waals surface area (Å²) in [5.74, 6) is 0. The Balaban J connectivity index is 1.22. The van der Waals surface area contributed by atoms with Crippen LogP contribution in [-0.2, 0) is 0 Å². The van der Waals surface area contributed by atoms with Gasteiger partial charge in [0, 0.05) is 67.3 Å². The van der Waals surface area contributed by atoms with Crippen molar-refractivity contribution in [3.8, 4) is 11.1 Å². The van der Waals surface area contributed by atoms with Crippen molar-refractivity contribution in [2.75, 3.05) is 49.1 Å². The SMILES string of the molecule is Cc1cnn(C2CCCN(c3cc(Cl)ccc3-c3ccc(N4CCN(C5CC5)CC4)cc3)C2)c1C(F)F. The number of anilines is 2. The van der Waals surface area contributed by atoms with Gasteiger partial charge in [0.05, 0.1) is 12.2 Å². The van der Waals surface area contributed by atoms with E-state index in [0.717, 1.165) is 68.4 Å². The summed E-state index contributed by atoms with van der Waals surface area (Å²) in [6, 6.07) is 15.6. The van der Waals surface area contributed by atoms with Crippen LogP contribution in [0, 0.1) is 6.92 Å². The zero-order chi connectivity index (χ0) is 25.5. The molecule has 0 bridgehead atoms. The molecule has 3 heterocycles. The van der Waals surface area contributed by atoms with Crippen LogP contribution in [0.15, 0.2) is 48.7 Å². The van der Waals surface area contributed by atoms with Crippen molar-refractivity contribution >= 4 is 23.0 Å². The molecule has 3 fully saturated rings. The van der Waals surface area contributed by atoms with Gasteiger partial charge in [0.2, 0.25) is 0 Å². The smallest absolute Gasteiger partial charge is 0.280 e. The van der Waals surface area contributed by atoms with Gasteiger partial charge in [0.25, 0.3) is 6.43 Å². The summed E-state index contributed by atoms with van der Waals surface area (Å²) in [5, 5.41) is 5.01. The first-order valence-corrected chi connectivity index (χ1v) is 13.8. The third-order valence-electron chi connectivity index (χ3n) is 8.20. The predicted octanol–water partition coefficient (Wildman–Crippen LogP) is 6.58. The van der Waals surface area contributed by atoms with Crippen LogP contribution in [0.25, 0.3) is 11.1 Å². The van der Waals surface area contributed by atoms with Crippen LogP contribution < -0.4 is 9.80 Å². The van der Waals surface area contributed by atoms with E-state index in [1.807, 2.05) is 12.1 Å². The average Bonchev–Trinajstić information content (AvgIpc) is 3.70. The highest BCUT2D eigenvalue weighted by atomic mass is 35.5. The summed E-state index contributed by atoms with van der Waals surface area (Å²) >= 11 is 6.46. The molecule has 6 rings (SSSR count). The average molecular weight is 526 g/mol. The third kappa shape index (κ3) is 5.08. The fourth-order valence-electron chi connectivity index (χ4n) is 6.04. The Bertz CT molecular complexity index is 1230. The molecule has 8 heteroatoms. The Morgan fingerprint density at radius 2 is 1.65 bits per heavy atom. The number of alkyl halides is 2. The van der Waals surface area contributed by atoms with Crippen molar-refractivity contribution in [3.63, 3.8) is 0 Å². The number of aryl methyl sites for hydroxylation is 1. The van der Waals surface area contributed by atoms with E-state index in [1.54, 1.807) is 17.8 Å². The van der Waals surface area contributed by atoms with Gasteiger partial charge in [-0.25, -0.2) is 8.78 Å². The molecule has 37 heavy (non-hydrogen) atoms. The third-order valence-corrected chi connectivity index (χ3v) is 8.43. The van der Waals surface area contributed by atoms with Crippen LogP contribution in [-0.4, -0.2) is 60.0 Å². The van der Waals surface area contributed by atoms with Gasteiger partial charge in [0.1, 0.15) is 5.69 Å². The predicted molar refractivity (Wildman–Crippen MR) is 146 cm³/mol. The van der Waals surface area contributed by atoms with Gasteiger partial charge in [-0.2, -0.15) is 5.10 Å². The van der Waals surface area contributed by atoms with E-state index in [4.69, 9.17) is 11.6 Å². The molecular formula is C29H34ClF2N5. The lowest BCUT2D eigenvalue weighted by atomic mass is 9.99. The minimum atomic E-state index is -2.53. The van der Waals surface area contributed by atoms with E-state index < -0.39 is 6.43 Å². The van der Waals surface area contributed by atoms with E-state index in [-0.39, 0.29) is 11.7 Å². The monoisotopic (exact) mass is 525 g/mol. The molecule has 2 aliphatic heterocycles. The first-order valence-electron chi connectivity index (χ1n) is 13.4. The molecule has 0 spiro atoms. The van der Waals surface area contributed by atoms with Crippen LogP contribution in [0.1, 0.15) is 49.4 Å². The number of hydrogen-bond donors (Lipinski definition) is 0. The number of piperidine rings is 1. The van der Waals surface area contributed by atoms with E-state index in [2.05, 4.69) is 50.1 Å². The van der Waals surface area contributed by atoms with Crippen molar-refractivity contribution < 1.29 is 8.78 Å². The number of halogens is 3. The molecule has 1 saturated carbocycles. The number of benzene rings is 2. The van der Waals surface area contributed by atoms with Gasteiger partial charge in [-0.05, 0) is 68.0 Å². The highest BCUT2D eigenvalue weighted by Crippen LogP contribution is 2.38. The van der Waals surface area contributed by atoms with E-state index >= 15 is 0 Å². The molecule has 5 nitrogen and oxygen atoms in total. The quantitative estimate of drug-likeness (QED) is 0.363. The van der Waals surface area contributed by atoms with Crippen molar-refractivity contribution in [2.45, 2.75) is 51.1 Å². The lowest BCUT2D eigenvalue weighted by Gasteiger charge is -2.37. The van der Waals surface area contributed by atoms with E-state index in [1.165, 1.54) is 18.5 Å². The maximum Gasteiger partial charge on any atom is 0.280 e. The molecule has 196 valence electrons. The normalized spacial score (nSPS) is 21.2. The largest absolute Gasteiger partial charge is 0.369 e. The Morgan fingerprint density at radius 1 is 0.892 bits per heavy atom. The number of rotatable bonds is 6. The molecule has 0 N–H and O–H groups in total. The fraction of sp³-hybridized carbons (Fsp3) is 0.483. The minimum Gasteiger partial charge on any atom is -0.369 e. The maximum absolute atomic E-state index is 13.8. The molecule has 0 radical (unpaired) electrons. The standard InChI is InChI=1S/C29H34ClF2N5/c1-20-18-33-37(28(20)29(31)32)25-3-2-12-36(19-25)27-17-22(30)6-11-26(27)21-4-7-23(8-5-21)34-13-15-35(16-14-34)24-9-10-24/h4-8,11,17-18,24-25,29H,2-3,9-10,12-16,19H2,1H3.